The van der Waals surface area contributed by atoms with E-state index in [0.717, 1.165) is 23.8 Å². The van der Waals surface area contributed by atoms with Crippen LogP contribution in [0.4, 0.5) is 18.0 Å². The highest BCUT2D eigenvalue weighted by molar-refractivity contribution is 7.91. The summed E-state index contributed by atoms with van der Waals surface area (Å²) < 4.78 is 66.2. The van der Waals surface area contributed by atoms with E-state index in [0.29, 0.717) is 12.8 Å². The predicted octanol–water partition coefficient (Wildman–Crippen LogP) is 4.44. The van der Waals surface area contributed by atoms with Crippen molar-refractivity contribution in [2.45, 2.75) is 74.6 Å². The molecule has 0 spiro atoms. The van der Waals surface area contributed by atoms with E-state index in [1.54, 1.807) is 24.3 Å². The van der Waals surface area contributed by atoms with E-state index in [1.165, 1.54) is 11.0 Å². The SMILES string of the molecule is CC(C)c1ccc(S(=O)(=O)C[C@@H]2C[C@H](NC(=O)O)CC[C@@H]2N2CC[C@H](NC(=O)c3cccc(C(F)(F)F)c3)C2=O)cc1. The van der Waals surface area contributed by atoms with Crippen molar-refractivity contribution < 1.29 is 41.1 Å². The molecule has 1 saturated carbocycles. The summed E-state index contributed by atoms with van der Waals surface area (Å²) in [6.07, 6.45) is -4.72. The average molecular weight is 610 g/mol. The van der Waals surface area contributed by atoms with Gasteiger partial charge in [0, 0.05) is 24.2 Å². The molecule has 0 unspecified atom stereocenters. The number of nitrogens with one attached hydrogen (secondary N) is 2. The second-order valence-corrected chi connectivity index (χ2v) is 13.3. The summed E-state index contributed by atoms with van der Waals surface area (Å²) in [4.78, 5) is 39.1. The maximum atomic E-state index is 13.4. The molecule has 228 valence electrons. The first-order valence-corrected chi connectivity index (χ1v) is 15.4. The molecule has 2 fully saturated rings. The molecule has 9 nitrogen and oxygen atoms in total. The van der Waals surface area contributed by atoms with E-state index in [1.807, 2.05) is 13.8 Å². The standard InChI is InChI=1S/C29H34F3N3O6S/c1-17(2)18-6-9-23(10-7-18)42(40,41)16-20-15-22(33-28(38)39)8-11-25(20)35-13-12-24(27(35)37)34-26(36)19-4-3-5-21(14-19)29(30,31)32/h3-7,9-10,14,17,20,22,24-25,33H,8,11-13,15-16H2,1-2H3,(H,34,36)(H,38,39)/t20-,22+,24-,25-/m0/s1. The number of hydrogen-bond acceptors (Lipinski definition) is 5. The third-order valence-electron chi connectivity index (χ3n) is 8.01. The monoisotopic (exact) mass is 609 g/mol. The van der Waals surface area contributed by atoms with Gasteiger partial charge in [0.15, 0.2) is 9.84 Å². The Morgan fingerprint density at radius 2 is 1.74 bits per heavy atom. The normalized spacial score (nSPS) is 23.2. The van der Waals surface area contributed by atoms with Gasteiger partial charge in [-0.05, 0) is 73.4 Å². The first-order valence-electron chi connectivity index (χ1n) is 13.8. The minimum Gasteiger partial charge on any atom is -0.465 e. The molecule has 0 radical (unpaired) electrons. The Morgan fingerprint density at radius 1 is 1.05 bits per heavy atom. The number of hydrogen-bond donors (Lipinski definition) is 3. The molecular formula is C29H34F3N3O6S. The lowest BCUT2D eigenvalue weighted by molar-refractivity contribution is -0.137. The van der Waals surface area contributed by atoms with Gasteiger partial charge in [-0.15, -0.1) is 0 Å². The lowest BCUT2D eigenvalue weighted by atomic mass is 9.81. The van der Waals surface area contributed by atoms with Crippen molar-refractivity contribution in [3.63, 3.8) is 0 Å². The number of amides is 3. The number of nitrogens with zero attached hydrogens (tertiary/aromatic N) is 1. The fourth-order valence-electron chi connectivity index (χ4n) is 5.82. The molecule has 2 aromatic rings. The number of halogens is 3. The summed E-state index contributed by atoms with van der Waals surface area (Å²) in [5, 5.41) is 14.2. The number of carbonyl (C=O) groups is 3. The van der Waals surface area contributed by atoms with Crippen molar-refractivity contribution in [1.29, 1.82) is 0 Å². The van der Waals surface area contributed by atoms with E-state index in [-0.39, 0.29) is 41.5 Å². The van der Waals surface area contributed by atoms with Crippen LogP contribution in [-0.4, -0.2) is 66.8 Å². The minimum absolute atomic E-state index is 0.137. The Kier molecular flexibility index (Phi) is 9.19. The number of likely N-dealkylation sites (tertiary alicyclic amines) is 1. The van der Waals surface area contributed by atoms with Crippen molar-refractivity contribution in [2.75, 3.05) is 12.3 Å². The van der Waals surface area contributed by atoms with Gasteiger partial charge in [-0.3, -0.25) is 9.59 Å². The third-order valence-corrected chi connectivity index (χ3v) is 9.86. The van der Waals surface area contributed by atoms with Crippen LogP contribution in [0.2, 0.25) is 0 Å². The molecule has 13 heteroatoms. The van der Waals surface area contributed by atoms with Crippen LogP contribution in [0.3, 0.4) is 0 Å². The van der Waals surface area contributed by atoms with Crippen LogP contribution in [0.1, 0.15) is 66.9 Å². The fourth-order valence-corrected chi connectivity index (χ4v) is 7.49. The summed E-state index contributed by atoms with van der Waals surface area (Å²) in [6, 6.07) is 8.53. The van der Waals surface area contributed by atoms with E-state index in [2.05, 4.69) is 10.6 Å². The van der Waals surface area contributed by atoms with Crippen LogP contribution >= 0.6 is 0 Å². The van der Waals surface area contributed by atoms with Crippen molar-refractivity contribution in [2.24, 2.45) is 5.92 Å². The molecule has 4 rings (SSSR count). The van der Waals surface area contributed by atoms with Crippen LogP contribution in [0, 0.1) is 5.92 Å². The zero-order valence-electron chi connectivity index (χ0n) is 23.2. The van der Waals surface area contributed by atoms with Gasteiger partial charge >= 0.3 is 12.3 Å². The minimum atomic E-state index is -4.63. The molecule has 3 amide bonds. The van der Waals surface area contributed by atoms with Gasteiger partial charge in [-0.1, -0.05) is 32.0 Å². The Morgan fingerprint density at radius 3 is 2.36 bits per heavy atom. The average Bonchev–Trinajstić information content (AvgIpc) is 3.27. The molecule has 2 aliphatic rings. The number of benzene rings is 2. The van der Waals surface area contributed by atoms with E-state index >= 15 is 0 Å². The first kappa shape index (κ1) is 31.3. The maximum Gasteiger partial charge on any atom is 0.416 e. The van der Waals surface area contributed by atoms with E-state index in [4.69, 9.17) is 0 Å². The number of sulfone groups is 1. The smallest absolute Gasteiger partial charge is 0.416 e. The number of alkyl halides is 3. The predicted molar refractivity (Wildman–Crippen MR) is 148 cm³/mol. The first-order chi connectivity index (χ1) is 19.7. The summed E-state index contributed by atoms with van der Waals surface area (Å²) >= 11 is 0. The highest BCUT2D eigenvalue weighted by Crippen LogP contribution is 2.34. The van der Waals surface area contributed by atoms with Crippen LogP contribution in [0.25, 0.3) is 0 Å². The maximum absolute atomic E-state index is 13.4. The van der Waals surface area contributed by atoms with Crippen molar-refractivity contribution in [1.82, 2.24) is 15.5 Å². The van der Waals surface area contributed by atoms with Crippen LogP contribution in [0.5, 0.6) is 0 Å². The Bertz CT molecular complexity index is 1430. The van der Waals surface area contributed by atoms with Crippen LogP contribution in [0.15, 0.2) is 53.4 Å². The van der Waals surface area contributed by atoms with Gasteiger partial charge in [0.05, 0.1) is 16.2 Å². The van der Waals surface area contributed by atoms with Crippen molar-refractivity contribution in [3.8, 4) is 0 Å². The fraction of sp³-hybridized carbons (Fsp3) is 0.483. The van der Waals surface area contributed by atoms with Gasteiger partial charge in [0.2, 0.25) is 5.91 Å². The molecule has 4 atom stereocenters. The quantitative estimate of drug-likeness (QED) is 0.406. The molecule has 1 heterocycles. The summed E-state index contributed by atoms with van der Waals surface area (Å²) in [7, 11) is -3.79. The van der Waals surface area contributed by atoms with Gasteiger partial charge in [0.1, 0.15) is 6.04 Å². The Hall–Kier alpha value is -3.61. The molecule has 42 heavy (non-hydrogen) atoms. The molecule has 0 aromatic heterocycles. The van der Waals surface area contributed by atoms with Crippen molar-refractivity contribution >= 4 is 27.7 Å². The highest BCUT2D eigenvalue weighted by Gasteiger charge is 2.44. The Labute approximate surface area is 242 Å². The summed E-state index contributed by atoms with van der Waals surface area (Å²) in [6.45, 7) is 4.20. The van der Waals surface area contributed by atoms with E-state index in [9.17, 15) is 41.1 Å². The number of carboxylic acid groups (broad SMARTS) is 1. The molecule has 0 bridgehead atoms. The second-order valence-electron chi connectivity index (χ2n) is 11.2. The lowest BCUT2D eigenvalue weighted by Crippen LogP contribution is -2.52. The summed E-state index contributed by atoms with van der Waals surface area (Å²) in [5.41, 5.74) is -0.232. The molecule has 1 aliphatic carbocycles. The van der Waals surface area contributed by atoms with Gasteiger partial charge in [0.25, 0.3) is 5.91 Å². The third kappa shape index (κ3) is 7.23. The lowest BCUT2D eigenvalue weighted by Gasteiger charge is -2.41. The second kappa shape index (κ2) is 12.3. The molecular weight excluding hydrogens is 575 g/mol. The zero-order chi connectivity index (χ0) is 30.8. The molecule has 1 saturated heterocycles. The number of carbonyl (C=O) groups excluding carboxylic acids is 2. The molecule has 1 aliphatic heterocycles. The van der Waals surface area contributed by atoms with E-state index < -0.39 is 63.5 Å². The molecule has 2 aromatic carbocycles. The zero-order valence-corrected chi connectivity index (χ0v) is 24.0. The Balaban J connectivity index is 1.51. The van der Waals surface area contributed by atoms with Gasteiger partial charge in [-0.25, -0.2) is 13.2 Å². The van der Waals surface area contributed by atoms with Gasteiger partial charge < -0.3 is 20.6 Å². The topological polar surface area (TPSA) is 133 Å². The van der Waals surface area contributed by atoms with Crippen molar-refractivity contribution in [3.05, 3.63) is 65.2 Å². The highest BCUT2D eigenvalue weighted by atomic mass is 32.2. The largest absolute Gasteiger partial charge is 0.465 e. The summed E-state index contributed by atoms with van der Waals surface area (Å²) in [5.74, 6) is -1.95. The number of rotatable bonds is 8. The van der Waals surface area contributed by atoms with Crippen LogP contribution < -0.4 is 10.6 Å². The molecule has 3 N–H and O–H groups in total. The van der Waals surface area contributed by atoms with Gasteiger partial charge in [-0.2, -0.15) is 13.2 Å². The van der Waals surface area contributed by atoms with Crippen LogP contribution in [-0.2, 0) is 20.8 Å².